The zero-order valence-electron chi connectivity index (χ0n) is 7.55. The van der Waals surface area contributed by atoms with Crippen LogP contribution in [0.1, 0.15) is 26.2 Å². The molecule has 0 aromatic heterocycles. The normalized spacial score (nSPS) is 25.2. The van der Waals surface area contributed by atoms with Crippen LogP contribution in [0.5, 0.6) is 0 Å². The minimum atomic E-state index is 0.0887. The summed E-state index contributed by atoms with van der Waals surface area (Å²) in [6.45, 7) is 4.04. The molecule has 1 fully saturated rings. The van der Waals surface area contributed by atoms with E-state index in [0.29, 0.717) is 0 Å². The van der Waals surface area contributed by atoms with Gasteiger partial charge in [-0.05, 0) is 25.2 Å². The van der Waals surface area contributed by atoms with Crippen molar-refractivity contribution in [3.8, 4) is 0 Å². The van der Waals surface area contributed by atoms with Crippen LogP contribution in [0.25, 0.3) is 0 Å². The molecule has 70 valence electrons. The van der Waals surface area contributed by atoms with Crippen molar-refractivity contribution in [2.24, 2.45) is 5.92 Å². The molecule has 1 saturated heterocycles. The van der Waals surface area contributed by atoms with Crippen molar-refractivity contribution >= 4 is 17.5 Å². The van der Waals surface area contributed by atoms with Crippen LogP contribution in [-0.4, -0.2) is 29.8 Å². The predicted molar refractivity (Wildman–Crippen MR) is 50.3 cm³/mol. The number of hydrogen-bond donors (Lipinski definition) is 0. The monoisotopic (exact) mass is 189 g/mol. The summed E-state index contributed by atoms with van der Waals surface area (Å²) in [5.41, 5.74) is 0. The van der Waals surface area contributed by atoms with Gasteiger partial charge in [-0.1, -0.05) is 6.92 Å². The number of halogens is 1. The molecule has 1 aliphatic rings. The summed E-state index contributed by atoms with van der Waals surface area (Å²) in [6.07, 6.45) is 3.50. The van der Waals surface area contributed by atoms with Gasteiger partial charge < -0.3 is 4.90 Å². The zero-order chi connectivity index (χ0) is 8.97. The number of nitrogens with zero attached hydrogens (tertiary/aromatic N) is 1. The quantitative estimate of drug-likeness (QED) is 0.577. The van der Waals surface area contributed by atoms with E-state index in [1.165, 1.54) is 6.42 Å². The molecule has 0 bridgehead atoms. The van der Waals surface area contributed by atoms with Crippen LogP contribution in [0, 0.1) is 5.92 Å². The molecule has 0 saturated carbocycles. The van der Waals surface area contributed by atoms with E-state index in [0.717, 1.165) is 31.8 Å². The molecule has 0 aliphatic carbocycles. The van der Waals surface area contributed by atoms with Crippen molar-refractivity contribution < 1.29 is 4.79 Å². The van der Waals surface area contributed by atoms with Gasteiger partial charge in [0.25, 0.3) is 0 Å². The topological polar surface area (TPSA) is 20.3 Å². The minimum absolute atomic E-state index is 0.0887. The summed E-state index contributed by atoms with van der Waals surface area (Å²) in [5, 5.41) is 0. The SMILES string of the molecule is CC1CCCN(C(=O)CCl)CC1. The van der Waals surface area contributed by atoms with Crippen LogP contribution in [0.4, 0.5) is 0 Å². The molecule has 0 N–H and O–H groups in total. The third kappa shape index (κ3) is 2.67. The molecular formula is C9H16ClNO. The van der Waals surface area contributed by atoms with Crippen molar-refractivity contribution in [3.05, 3.63) is 0 Å². The summed E-state index contributed by atoms with van der Waals surface area (Å²) >= 11 is 5.48. The maximum atomic E-state index is 11.2. The van der Waals surface area contributed by atoms with E-state index >= 15 is 0 Å². The minimum Gasteiger partial charge on any atom is -0.342 e. The van der Waals surface area contributed by atoms with Crippen LogP contribution < -0.4 is 0 Å². The Kier molecular flexibility index (Phi) is 3.86. The van der Waals surface area contributed by atoms with Gasteiger partial charge in [0.05, 0.1) is 0 Å². The Bertz CT molecular complexity index is 161. The largest absolute Gasteiger partial charge is 0.342 e. The molecule has 3 heteroatoms. The Balaban J connectivity index is 2.40. The Morgan fingerprint density at radius 1 is 1.50 bits per heavy atom. The summed E-state index contributed by atoms with van der Waals surface area (Å²) in [4.78, 5) is 13.1. The van der Waals surface area contributed by atoms with Crippen LogP contribution >= 0.6 is 11.6 Å². The standard InChI is InChI=1S/C9H16ClNO/c1-8-3-2-5-11(6-4-8)9(12)7-10/h8H,2-7H2,1H3. The lowest BCUT2D eigenvalue weighted by Gasteiger charge is -2.18. The summed E-state index contributed by atoms with van der Waals surface area (Å²) < 4.78 is 0. The summed E-state index contributed by atoms with van der Waals surface area (Å²) in [6, 6.07) is 0. The number of carbonyl (C=O) groups excluding carboxylic acids is 1. The van der Waals surface area contributed by atoms with Crippen LogP contribution in [-0.2, 0) is 4.79 Å². The molecule has 1 atom stereocenters. The molecule has 0 radical (unpaired) electrons. The molecule has 1 unspecified atom stereocenters. The van der Waals surface area contributed by atoms with Gasteiger partial charge in [-0.2, -0.15) is 0 Å². The first-order valence-electron chi connectivity index (χ1n) is 4.57. The fourth-order valence-corrected chi connectivity index (χ4v) is 1.77. The number of hydrogen-bond acceptors (Lipinski definition) is 1. The van der Waals surface area contributed by atoms with E-state index in [9.17, 15) is 4.79 Å². The van der Waals surface area contributed by atoms with Gasteiger partial charge in [0.15, 0.2) is 0 Å². The molecule has 12 heavy (non-hydrogen) atoms. The zero-order valence-corrected chi connectivity index (χ0v) is 8.31. The van der Waals surface area contributed by atoms with E-state index in [-0.39, 0.29) is 11.8 Å². The molecule has 1 amide bonds. The van der Waals surface area contributed by atoms with Crippen LogP contribution in [0.2, 0.25) is 0 Å². The van der Waals surface area contributed by atoms with Crippen molar-refractivity contribution in [2.75, 3.05) is 19.0 Å². The molecule has 1 heterocycles. The first kappa shape index (κ1) is 9.85. The van der Waals surface area contributed by atoms with E-state index in [1.807, 2.05) is 4.90 Å². The van der Waals surface area contributed by atoms with Gasteiger partial charge in [0, 0.05) is 13.1 Å². The van der Waals surface area contributed by atoms with Crippen LogP contribution in [0.15, 0.2) is 0 Å². The summed E-state index contributed by atoms with van der Waals surface area (Å²) in [5.74, 6) is 0.984. The maximum Gasteiger partial charge on any atom is 0.237 e. The van der Waals surface area contributed by atoms with Crippen molar-refractivity contribution in [1.29, 1.82) is 0 Å². The lowest BCUT2D eigenvalue weighted by molar-refractivity contribution is -0.128. The molecule has 2 nitrogen and oxygen atoms in total. The molecule has 1 rings (SSSR count). The van der Waals surface area contributed by atoms with Gasteiger partial charge >= 0.3 is 0 Å². The summed E-state index contributed by atoms with van der Waals surface area (Å²) in [7, 11) is 0. The highest BCUT2D eigenvalue weighted by molar-refractivity contribution is 6.27. The average molecular weight is 190 g/mol. The van der Waals surface area contributed by atoms with Crippen molar-refractivity contribution in [3.63, 3.8) is 0 Å². The van der Waals surface area contributed by atoms with E-state index < -0.39 is 0 Å². The third-order valence-corrected chi connectivity index (χ3v) is 2.71. The maximum absolute atomic E-state index is 11.2. The average Bonchev–Trinajstić information content (AvgIpc) is 2.29. The van der Waals surface area contributed by atoms with Crippen molar-refractivity contribution in [1.82, 2.24) is 4.90 Å². The first-order valence-corrected chi connectivity index (χ1v) is 5.11. The highest BCUT2D eigenvalue weighted by Crippen LogP contribution is 2.16. The van der Waals surface area contributed by atoms with Gasteiger partial charge in [0.1, 0.15) is 5.88 Å². The van der Waals surface area contributed by atoms with Gasteiger partial charge in [0.2, 0.25) is 5.91 Å². The second-order valence-electron chi connectivity index (χ2n) is 3.55. The van der Waals surface area contributed by atoms with E-state index in [2.05, 4.69) is 6.92 Å². The Morgan fingerprint density at radius 3 is 2.92 bits per heavy atom. The van der Waals surface area contributed by atoms with E-state index in [1.54, 1.807) is 0 Å². The lowest BCUT2D eigenvalue weighted by Crippen LogP contribution is -2.32. The number of rotatable bonds is 1. The third-order valence-electron chi connectivity index (χ3n) is 2.48. The molecule has 1 aliphatic heterocycles. The Morgan fingerprint density at radius 2 is 2.25 bits per heavy atom. The molecule has 0 aromatic carbocycles. The highest BCUT2D eigenvalue weighted by atomic mass is 35.5. The molecule has 0 spiro atoms. The number of amides is 1. The molecular weight excluding hydrogens is 174 g/mol. The first-order chi connectivity index (χ1) is 5.74. The molecule has 0 aromatic rings. The van der Waals surface area contributed by atoms with Crippen LogP contribution in [0.3, 0.4) is 0 Å². The number of likely N-dealkylation sites (tertiary alicyclic amines) is 1. The number of alkyl halides is 1. The fraction of sp³-hybridized carbons (Fsp3) is 0.889. The van der Waals surface area contributed by atoms with Gasteiger partial charge in [-0.25, -0.2) is 0 Å². The van der Waals surface area contributed by atoms with Gasteiger partial charge in [-0.15, -0.1) is 11.6 Å². The smallest absolute Gasteiger partial charge is 0.237 e. The predicted octanol–water partition coefficient (Wildman–Crippen LogP) is 1.87. The van der Waals surface area contributed by atoms with Gasteiger partial charge in [-0.3, -0.25) is 4.79 Å². The highest BCUT2D eigenvalue weighted by Gasteiger charge is 2.16. The second-order valence-corrected chi connectivity index (χ2v) is 3.82. The fourth-order valence-electron chi connectivity index (χ4n) is 1.60. The number of carbonyl (C=O) groups is 1. The second kappa shape index (κ2) is 4.70. The Labute approximate surface area is 78.9 Å². The Hall–Kier alpha value is -0.240. The van der Waals surface area contributed by atoms with Crippen molar-refractivity contribution in [2.45, 2.75) is 26.2 Å². The van der Waals surface area contributed by atoms with E-state index in [4.69, 9.17) is 11.6 Å². The lowest BCUT2D eigenvalue weighted by atomic mass is 10.0.